The molecule has 6 rings (SSSR count). The first-order chi connectivity index (χ1) is 17.7. The van der Waals surface area contributed by atoms with Gasteiger partial charge in [-0.3, -0.25) is 14.6 Å². The average Bonchev–Trinajstić information content (AvgIpc) is 3.48. The third-order valence-electron chi connectivity index (χ3n) is 8.35. The molecule has 0 N–H and O–H groups in total. The van der Waals surface area contributed by atoms with E-state index in [0.29, 0.717) is 6.04 Å². The normalized spacial score (nSPS) is 20.9. The Kier molecular flexibility index (Phi) is 6.89. The van der Waals surface area contributed by atoms with Crippen molar-refractivity contribution in [1.82, 2.24) is 14.7 Å². The van der Waals surface area contributed by atoms with Crippen molar-refractivity contribution >= 4 is 5.91 Å². The van der Waals surface area contributed by atoms with E-state index in [-0.39, 0.29) is 5.91 Å². The lowest BCUT2D eigenvalue weighted by molar-refractivity contribution is 0.0793. The van der Waals surface area contributed by atoms with Gasteiger partial charge in [-0.1, -0.05) is 60.7 Å². The van der Waals surface area contributed by atoms with Crippen LogP contribution in [0.4, 0.5) is 0 Å². The van der Waals surface area contributed by atoms with E-state index in [0.717, 1.165) is 57.5 Å². The Morgan fingerprint density at radius 2 is 1.56 bits per heavy atom. The molecule has 0 aromatic heterocycles. The molecule has 4 heteroatoms. The van der Waals surface area contributed by atoms with Gasteiger partial charge in [0.1, 0.15) is 0 Å². The third kappa shape index (κ3) is 5.11. The average molecular weight is 480 g/mol. The molecule has 0 bridgehead atoms. The van der Waals surface area contributed by atoms with Crippen molar-refractivity contribution in [3.63, 3.8) is 0 Å². The molecule has 186 valence electrons. The zero-order valence-electron chi connectivity index (χ0n) is 21.2. The highest BCUT2D eigenvalue weighted by Gasteiger charge is 2.28. The summed E-state index contributed by atoms with van der Waals surface area (Å²) in [6.45, 7) is 7.44. The minimum absolute atomic E-state index is 0.176. The van der Waals surface area contributed by atoms with E-state index in [2.05, 4.69) is 70.5 Å². The van der Waals surface area contributed by atoms with Gasteiger partial charge in [0.05, 0.1) is 0 Å². The number of carbonyl (C=O) groups excluding carboxylic acids is 1. The van der Waals surface area contributed by atoms with Gasteiger partial charge in [0, 0.05) is 50.9 Å². The molecule has 3 aliphatic heterocycles. The summed E-state index contributed by atoms with van der Waals surface area (Å²) >= 11 is 0. The van der Waals surface area contributed by atoms with Crippen LogP contribution >= 0.6 is 0 Å². The molecule has 3 aromatic rings. The Labute approximate surface area is 215 Å². The van der Waals surface area contributed by atoms with Crippen LogP contribution in [0.15, 0.2) is 72.8 Å². The molecule has 2 fully saturated rings. The van der Waals surface area contributed by atoms with Gasteiger partial charge in [-0.2, -0.15) is 0 Å². The van der Waals surface area contributed by atoms with Crippen molar-refractivity contribution in [1.29, 1.82) is 0 Å². The second-order valence-corrected chi connectivity index (χ2v) is 10.8. The first-order valence-corrected chi connectivity index (χ1v) is 13.7. The molecular formula is C32H37N3O. The summed E-state index contributed by atoms with van der Waals surface area (Å²) < 4.78 is 0. The maximum absolute atomic E-state index is 12.7. The van der Waals surface area contributed by atoms with Gasteiger partial charge >= 0.3 is 0 Å². The van der Waals surface area contributed by atoms with E-state index in [9.17, 15) is 4.79 Å². The topological polar surface area (TPSA) is 26.8 Å². The number of hydrogen-bond acceptors (Lipinski definition) is 3. The molecule has 0 aliphatic carbocycles. The smallest absolute Gasteiger partial charge is 0.253 e. The van der Waals surface area contributed by atoms with Crippen molar-refractivity contribution in [3.8, 4) is 11.1 Å². The second kappa shape index (κ2) is 10.6. The van der Waals surface area contributed by atoms with Crippen LogP contribution in [-0.4, -0.2) is 59.4 Å². The van der Waals surface area contributed by atoms with E-state index in [4.69, 9.17) is 0 Å². The number of rotatable bonds is 5. The fourth-order valence-electron chi connectivity index (χ4n) is 6.29. The first kappa shape index (κ1) is 23.4. The standard InChI is InChI=1S/C32H37N3O/c36-32(34-18-4-5-19-34)27-12-10-26(11-13-27)28-14-15-30-23-35(20-16-29(30)21-28)31-9-6-17-33(24-31)22-25-7-2-1-3-8-25/h1-3,7-8,10-15,21,31H,4-6,9,16-20,22-24H2/t31-/m1/s1. The molecule has 2 saturated heterocycles. The van der Waals surface area contributed by atoms with Crippen LogP contribution in [0.1, 0.15) is 52.7 Å². The van der Waals surface area contributed by atoms with Gasteiger partial charge in [0.25, 0.3) is 5.91 Å². The number of amides is 1. The summed E-state index contributed by atoms with van der Waals surface area (Å²) in [6.07, 6.45) is 5.97. The fourth-order valence-corrected chi connectivity index (χ4v) is 6.29. The van der Waals surface area contributed by atoms with Gasteiger partial charge in [0.15, 0.2) is 0 Å². The minimum Gasteiger partial charge on any atom is -0.339 e. The maximum Gasteiger partial charge on any atom is 0.253 e. The molecule has 36 heavy (non-hydrogen) atoms. The highest BCUT2D eigenvalue weighted by Crippen LogP contribution is 2.29. The lowest BCUT2D eigenvalue weighted by atomic mass is 9.92. The van der Waals surface area contributed by atoms with Crippen LogP contribution in [0.3, 0.4) is 0 Å². The molecule has 1 amide bonds. The second-order valence-electron chi connectivity index (χ2n) is 10.8. The molecule has 0 unspecified atom stereocenters. The van der Waals surface area contributed by atoms with Crippen LogP contribution in [0.5, 0.6) is 0 Å². The van der Waals surface area contributed by atoms with Crippen molar-refractivity contribution in [2.75, 3.05) is 32.7 Å². The molecular weight excluding hydrogens is 442 g/mol. The van der Waals surface area contributed by atoms with Crippen molar-refractivity contribution in [2.24, 2.45) is 0 Å². The van der Waals surface area contributed by atoms with Gasteiger partial charge < -0.3 is 4.90 Å². The van der Waals surface area contributed by atoms with Crippen LogP contribution in [-0.2, 0) is 19.5 Å². The SMILES string of the molecule is O=C(c1ccc(-c2ccc3c(c2)CCN([C@@H]2CCCN(Cc4ccccc4)C2)C3)cc1)N1CCCC1. The molecule has 1 atom stereocenters. The minimum atomic E-state index is 0.176. The van der Waals surface area contributed by atoms with Crippen LogP contribution < -0.4 is 0 Å². The van der Waals surface area contributed by atoms with Crippen molar-refractivity contribution in [2.45, 2.75) is 51.2 Å². The van der Waals surface area contributed by atoms with Gasteiger partial charge in [-0.15, -0.1) is 0 Å². The number of hydrogen-bond donors (Lipinski definition) is 0. The summed E-state index contributed by atoms with van der Waals surface area (Å²) in [4.78, 5) is 20.0. The molecule has 0 spiro atoms. The Morgan fingerprint density at radius 1 is 0.778 bits per heavy atom. The molecule has 3 aromatic carbocycles. The maximum atomic E-state index is 12.7. The van der Waals surface area contributed by atoms with Crippen LogP contribution in [0.2, 0.25) is 0 Å². The summed E-state index contributed by atoms with van der Waals surface area (Å²) in [5, 5.41) is 0. The van der Waals surface area contributed by atoms with E-state index in [1.54, 1.807) is 0 Å². The number of piperidine rings is 1. The van der Waals surface area contributed by atoms with Gasteiger partial charge in [-0.25, -0.2) is 0 Å². The molecule has 3 aliphatic rings. The highest BCUT2D eigenvalue weighted by atomic mass is 16.2. The summed E-state index contributed by atoms with van der Waals surface area (Å²) in [5.41, 5.74) is 7.64. The van der Waals surface area contributed by atoms with E-state index in [1.807, 2.05) is 17.0 Å². The number of carbonyl (C=O) groups is 1. The molecule has 0 saturated carbocycles. The van der Waals surface area contributed by atoms with E-state index >= 15 is 0 Å². The summed E-state index contributed by atoms with van der Waals surface area (Å²) in [5.74, 6) is 0.176. The summed E-state index contributed by atoms with van der Waals surface area (Å²) in [6, 6.07) is 26.8. The Hall–Kier alpha value is -2.95. The molecule has 3 heterocycles. The number of nitrogens with zero attached hydrogens (tertiary/aromatic N) is 3. The Morgan fingerprint density at radius 3 is 2.36 bits per heavy atom. The van der Waals surface area contributed by atoms with Gasteiger partial charge in [-0.05, 0) is 78.6 Å². The molecule has 0 radical (unpaired) electrons. The van der Waals surface area contributed by atoms with Crippen LogP contribution in [0, 0.1) is 0 Å². The number of benzene rings is 3. The van der Waals surface area contributed by atoms with Gasteiger partial charge in [0.2, 0.25) is 0 Å². The predicted octanol–water partition coefficient (Wildman–Crippen LogP) is 5.61. The zero-order chi connectivity index (χ0) is 24.3. The lowest BCUT2D eigenvalue weighted by Gasteiger charge is -2.41. The predicted molar refractivity (Wildman–Crippen MR) is 146 cm³/mol. The first-order valence-electron chi connectivity index (χ1n) is 13.7. The monoisotopic (exact) mass is 479 g/mol. The van der Waals surface area contributed by atoms with Crippen LogP contribution in [0.25, 0.3) is 11.1 Å². The Balaban J connectivity index is 1.10. The largest absolute Gasteiger partial charge is 0.339 e. The van der Waals surface area contributed by atoms with Crippen molar-refractivity contribution in [3.05, 3.63) is 95.1 Å². The molecule has 4 nitrogen and oxygen atoms in total. The zero-order valence-corrected chi connectivity index (χ0v) is 21.2. The van der Waals surface area contributed by atoms with E-state index < -0.39 is 0 Å². The lowest BCUT2D eigenvalue weighted by Crippen LogP contribution is -2.49. The quantitative estimate of drug-likeness (QED) is 0.476. The third-order valence-corrected chi connectivity index (χ3v) is 8.35. The highest BCUT2D eigenvalue weighted by molar-refractivity contribution is 5.94. The summed E-state index contributed by atoms with van der Waals surface area (Å²) in [7, 11) is 0. The number of likely N-dealkylation sites (tertiary alicyclic amines) is 2. The van der Waals surface area contributed by atoms with E-state index in [1.165, 1.54) is 53.7 Å². The fraction of sp³-hybridized carbons (Fsp3) is 0.406. The Bertz CT molecular complexity index is 1180. The van der Waals surface area contributed by atoms with Crippen molar-refractivity contribution < 1.29 is 4.79 Å². The number of fused-ring (bicyclic) bond motifs is 1.